The maximum absolute atomic E-state index is 12.2. The van der Waals surface area contributed by atoms with E-state index in [4.69, 9.17) is 9.84 Å². The lowest BCUT2D eigenvalue weighted by molar-refractivity contribution is -0.129. The van der Waals surface area contributed by atoms with Crippen molar-refractivity contribution in [3.8, 4) is 5.75 Å². The minimum absolute atomic E-state index is 0.178. The standard InChI is InChI=1S/C14H10N2O4/c1-20-10-5-7-3-2-4-15-12(7)13-11(10)9(17)6-8(16-13)14(18)19/h2-5H,6H2,1H3,(H,18,19). The Morgan fingerprint density at radius 3 is 2.95 bits per heavy atom. The number of hydrogen-bond acceptors (Lipinski definition) is 5. The van der Waals surface area contributed by atoms with Gasteiger partial charge in [-0.25, -0.2) is 9.79 Å². The third-order valence-electron chi connectivity index (χ3n) is 3.15. The number of fused-ring (bicyclic) bond motifs is 3. The zero-order chi connectivity index (χ0) is 14.3. The van der Waals surface area contributed by atoms with Gasteiger partial charge in [0.05, 0.1) is 24.6 Å². The molecule has 1 aromatic carbocycles. The lowest BCUT2D eigenvalue weighted by Crippen LogP contribution is -2.21. The number of methoxy groups -OCH3 is 1. The van der Waals surface area contributed by atoms with Gasteiger partial charge in [0, 0.05) is 11.6 Å². The number of ether oxygens (including phenoxy) is 1. The number of aromatic nitrogens is 1. The fourth-order valence-corrected chi connectivity index (χ4v) is 2.26. The highest BCUT2D eigenvalue weighted by Crippen LogP contribution is 2.39. The van der Waals surface area contributed by atoms with E-state index < -0.39 is 5.97 Å². The van der Waals surface area contributed by atoms with Crippen molar-refractivity contribution in [1.82, 2.24) is 4.98 Å². The maximum Gasteiger partial charge on any atom is 0.350 e. The van der Waals surface area contributed by atoms with E-state index in [-0.39, 0.29) is 23.6 Å². The molecule has 3 rings (SSSR count). The number of carboxylic acid groups (broad SMARTS) is 1. The average Bonchev–Trinajstić information content (AvgIpc) is 2.45. The summed E-state index contributed by atoms with van der Waals surface area (Å²) >= 11 is 0. The molecule has 0 radical (unpaired) electrons. The summed E-state index contributed by atoms with van der Waals surface area (Å²) in [6, 6.07) is 5.27. The molecule has 1 aliphatic rings. The molecule has 6 nitrogen and oxygen atoms in total. The molecule has 0 fully saturated rings. The van der Waals surface area contributed by atoms with E-state index in [2.05, 4.69) is 9.98 Å². The normalized spacial score (nSPS) is 13.8. The number of carbonyl (C=O) groups excluding carboxylic acids is 1. The van der Waals surface area contributed by atoms with E-state index in [0.29, 0.717) is 16.8 Å². The molecule has 0 aliphatic carbocycles. The monoisotopic (exact) mass is 270 g/mol. The number of aliphatic carboxylic acids is 1. The van der Waals surface area contributed by atoms with Crippen molar-refractivity contribution < 1.29 is 19.4 Å². The molecule has 0 amide bonds. The first-order valence-electron chi connectivity index (χ1n) is 5.91. The Kier molecular flexibility index (Phi) is 2.71. The van der Waals surface area contributed by atoms with Crippen molar-refractivity contribution in [2.75, 3.05) is 7.11 Å². The molecule has 6 heteroatoms. The minimum atomic E-state index is -1.20. The summed E-state index contributed by atoms with van der Waals surface area (Å²) in [7, 11) is 1.46. The van der Waals surface area contributed by atoms with E-state index in [1.54, 1.807) is 24.4 Å². The van der Waals surface area contributed by atoms with E-state index >= 15 is 0 Å². The second-order valence-corrected chi connectivity index (χ2v) is 4.34. The molecule has 1 aliphatic heterocycles. The molecule has 1 aromatic heterocycles. The van der Waals surface area contributed by atoms with Crippen LogP contribution in [0.2, 0.25) is 0 Å². The molecule has 0 spiro atoms. The molecule has 0 bridgehead atoms. The van der Waals surface area contributed by atoms with Crippen molar-refractivity contribution in [1.29, 1.82) is 0 Å². The van der Waals surface area contributed by atoms with Gasteiger partial charge in [0.25, 0.3) is 0 Å². The second kappa shape index (κ2) is 4.41. The molecular formula is C14H10N2O4. The van der Waals surface area contributed by atoms with Crippen LogP contribution in [0.5, 0.6) is 5.75 Å². The first-order valence-corrected chi connectivity index (χ1v) is 5.91. The van der Waals surface area contributed by atoms with E-state index in [0.717, 1.165) is 5.39 Å². The van der Waals surface area contributed by atoms with Gasteiger partial charge in [-0.2, -0.15) is 0 Å². The predicted octanol–water partition coefficient (Wildman–Crippen LogP) is 1.99. The Morgan fingerprint density at radius 2 is 2.25 bits per heavy atom. The van der Waals surface area contributed by atoms with Crippen LogP contribution in [-0.2, 0) is 4.79 Å². The summed E-state index contributed by atoms with van der Waals surface area (Å²) in [6.45, 7) is 0. The van der Waals surface area contributed by atoms with Gasteiger partial charge < -0.3 is 9.84 Å². The summed E-state index contributed by atoms with van der Waals surface area (Å²) in [6.07, 6.45) is 1.33. The Morgan fingerprint density at radius 1 is 1.45 bits per heavy atom. The molecule has 0 saturated carbocycles. The van der Waals surface area contributed by atoms with Crippen LogP contribution in [-0.4, -0.2) is 34.7 Å². The molecule has 100 valence electrons. The van der Waals surface area contributed by atoms with Gasteiger partial charge in [-0.15, -0.1) is 0 Å². The van der Waals surface area contributed by atoms with Crippen LogP contribution in [0.1, 0.15) is 16.8 Å². The first kappa shape index (κ1) is 12.3. The lowest BCUT2D eigenvalue weighted by atomic mass is 9.96. The molecule has 0 saturated heterocycles. The largest absolute Gasteiger partial charge is 0.496 e. The number of benzene rings is 1. The SMILES string of the molecule is COc1cc2cccnc2c2c1C(=O)CC(C(=O)O)=N2. The Hall–Kier alpha value is -2.76. The number of aliphatic imine (C=N–C) groups is 1. The highest BCUT2D eigenvalue weighted by atomic mass is 16.5. The van der Waals surface area contributed by atoms with E-state index in [1.165, 1.54) is 7.11 Å². The molecule has 20 heavy (non-hydrogen) atoms. The van der Waals surface area contributed by atoms with Crippen LogP contribution in [0.4, 0.5) is 5.69 Å². The van der Waals surface area contributed by atoms with Gasteiger partial charge >= 0.3 is 5.97 Å². The smallest absolute Gasteiger partial charge is 0.350 e. The number of nitrogens with zero attached hydrogens (tertiary/aromatic N) is 2. The number of Topliss-reactive ketones (excluding diaryl/α,β-unsaturated/α-hetero) is 1. The topological polar surface area (TPSA) is 88.8 Å². The van der Waals surface area contributed by atoms with Crippen LogP contribution in [0.15, 0.2) is 29.4 Å². The van der Waals surface area contributed by atoms with Crippen LogP contribution in [0.3, 0.4) is 0 Å². The van der Waals surface area contributed by atoms with Gasteiger partial charge in [0.1, 0.15) is 17.1 Å². The van der Waals surface area contributed by atoms with Crippen molar-refractivity contribution in [2.24, 2.45) is 4.99 Å². The fraction of sp³-hybridized carbons (Fsp3) is 0.143. The van der Waals surface area contributed by atoms with Gasteiger partial charge in [0.2, 0.25) is 0 Å². The zero-order valence-corrected chi connectivity index (χ0v) is 10.6. The van der Waals surface area contributed by atoms with Crippen molar-refractivity contribution >= 4 is 34.1 Å². The van der Waals surface area contributed by atoms with Crippen LogP contribution in [0.25, 0.3) is 10.9 Å². The van der Waals surface area contributed by atoms with E-state index in [9.17, 15) is 9.59 Å². The first-order chi connectivity index (χ1) is 9.61. The molecule has 1 N–H and O–H groups in total. The molecule has 2 aromatic rings. The highest BCUT2D eigenvalue weighted by molar-refractivity contribution is 6.42. The molecular weight excluding hydrogens is 260 g/mol. The third-order valence-corrected chi connectivity index (χ3v) is 3.15. The maximum atomic E-state index is 12.2. The number of hydrogen-bond donors (Lipinski definition) is 1. The summed E-state index contributed by atoms with van der Waals surface area (Å²) in [4.78, 5) is 31.5. The zero-order valence-electron chi connectivity index (χ0n) is 10.6. The Labute approximate surface area is 113 Å². The van der Waals surface area contributed by atoms with Crippen molar-refractivity contribution in [3.05, 3.63) is 30.0 Å². The van der Waals surface area contributed by atoms with Crippen LogP contribution in [0, 0.1) is 0 Å². The quantitative estimate of drug-likeness (QED) is 0.901. The number of ketones is 1. The number of carboxylic acids is 1. The summed E-state index contributed by atoms with van der Waals surface area (Å²) < 4.78 is 5.22. The van der Waals surface area contributed by atoms with Crippen LogP contribution < -0.4 is 4.74 Å². The summed E-state index contributed by atoms with van der Waals surface area (Å²) in [5.74, 6) is -1.13. The molecule has 2 heterocycles. The number of rotatable bonds is 2. The Balaban J connectivity index is 2.42. The number of pyridine rings is 1. The van der Waals surface area contributed by atoms with Crippen LogP contribution >= 0.6 is 0 Å². The van der Waals surface area contributed by atoms with Crippen molar-refractivity contribution in [2.45, 2.75) is 6.42 Å². The predicted molar refractivity (Wildman–Crippen MR) is 72.0 cm³/mol. The average molecular weight is 270 g/mol. The second-order valence-electron chi connectivity index (χ2n) is 4.34. The third kappa shape index (κ3) is 1.73. The van der Waals surface area contributed by atoms with Crippen molar-refractivity contribution in [3.63, 3.8) is 0 Å². The highest BCUT2D eigenvalue weighted by Gasteiger charge is 2.29. The summed E-state index contributed by atoms with van der Waals surface area (Å²) in [5.41, 5.74) is 0.884. The minimum Gasteiger partial charge on any atom is -0.496 e. The van der Waals surface area contributed by atoms with Gasteiger partial charge in [-0.05, 0) is 12.1 Å². The van der Waals surface area contributed by atoms with E-state index in [1.807, 2.05) is 0 Å². The summed E-state index contributed by atoms with van der Waals surface area (Å²) in [5, 5.41) is 9.79. The Bertz CT molecular complexity index is 780. The molecule has 0 unspecified atom stereocenters. The fourth-order valence-electron chi connectivity index (χ4n) is 2.26. The van der Waals surface area contributed by atoms with Gasteiger partial charge in [-0.1, -0.05) is 6.07 Å². The van der Waals surface area contributed by atoms with Gasteiger partial charge in [0.15, 0.2) is 5.78 Å². The number of carbonyl (C=O) groups is 2. The lowest BCUT2D eigenvalue weighted by Gasteiger charge is -2.17. The van der Waals surface area contributed by atoms with Gasteiger partial charge in [-0.3, -0.25) is 9.78 Å². The molecule has 0 atom stereocenters.